The van der Waals surface area contributed by atoms with Crippen LogP contribution >= 0.6 is 0 Å². The van der Waals surface area contributed by atoms with Gasteiger partial charge in [0.05, 0.1) is 0 Å². The van der Waals surface area contributed by atoms with Crippen LogP contribution in [0.2, 0.25) is 0 Å². The zero-order valence-electron chi connectivity index (χ0n) is 7.09. The molecule has 0 saturated heterocycles. The van der Waals surface area contributed by atoms with E-state index in [2.05, 4.69) is 18.7 Å². The summed E-state index contributed by atoms with van der Waals surface area (Å²) in [5.41, 5.74) is 2.42. The van der Waals surface area contributed by atoms with Crippen molar-refractivity contribution in [3.05, 3.63) is 42.7 Å². The Morgan fingerprint density at radius 3 is 2.73 bits per heavy atom. The van der Waals surface area contributed by atoms with E-state index in [9.17, 15) is 0 Å². The van der Waals surface area contributed by atoms with Gasteiger partial charge in [0.25, 0.3) is 0 Å². The molecule has 0 aromatic heterocycles. The van der Waals surface area contributed by atoms with E-state index in [0.29, 0.717) is 0 Å². The van der Waals surface area contributed by atoms with Gasteiger partial charge in [-0.25, -0.2) is 0 Å². The predicted octanol–water partition coefficient (Wildman–Crippen LogP) is 3.43. The van der Waals surface area contributed by atoms with E-state index in [1.807, 2.05) is 18.2 Å². The first-order chi connectivity index (χ1) is 5.41. The lowest BCUT2D eigenvalue weighted by Crippen LogP contribution is -1.64. The van der Waals surface area contributed by atoms with E-state index >= 15 is 0 Å². The third-order valence-corrected chi connectivity index (χ3v) is 1.28. The molecule has 0 fully saturated rings. The molecule has 0 aliphatic heterocycles. The minimum absolute atomic E-state index is 1.16. The quantitative estimate of drug-likeness (QED) is 0.317. The van der Waals surface area contributed by atoms with Crippen molar-refractivity contribution in [2.45, 2.75) is 26.2 Å². The van der Waals surface area contributed by atoms with Crippen LogP contribution < -0.4 is 0 Å². The van der Waals surface area contributed by atoms with Crippen LogP contribution in [0.15, 0.2) is 36.1 Å². The average Bonchev–Trinajstić information content (AvgIpc) is 2.03. The Morgan fingerprint density at radius 1 is 1.27 bits per heavy atom. The molecular formula is C11H15. The average molecular weight is 147 g/mol. The lowest BCUT2D eigenvalue weighted by Gasteiger charge is -1.84. The zero-order chi connectivity index (χ0) is 8.36. The van der Waals surface area contributed by atoms with Crippen molar-refractivity contribution in [2.24, 2.45) is 0 Å². The second-order valence-corrected chi connectivity index (χ2v) is 2.29. The van der Waals surface area contributed by atoms with Gasteiger partial charge in [0.1, 0.15) is 0 Å². The first-order valence-electron chi connectivity index (χ1n) is 4.03. The van der Waals surface area contributed by atoms with Crippen molar-refractivity contribution in [1.82, 2.24) is 0 Å². The van der Waals surface area contributed by atoms with E-state index in [0.717, 1.165) is 6.42 Å². The summed E-state index contributed by atoms with van der Waals surface area (Å²) in [6, 6.07) is 0. The highest BCUT2D eigenvalue weighted by Crippen LogP contribution is 1.94. The predicted molar refractivity (Wildman–Crippen MR) is 50.2 cm³/mol. The van der Waals surface area contributed by atoms with Crippen LogP contribution in [-0.4, -0.2) is 0 Å². The maximum atomic E-state index is 5.01. The van der Waals surface area contributed by atoms with Crippen molar-refractivity contribution in [3.63, 3.8) is 0 Å². The highest BCUT2D eigenvalue weighted by Gasteiger charge is 1.74. The van der Waals surface area contributed by atoms with Gasteiger partial charge in [-0.15, -0.1) is 5.73 Å². The van der Waals surface area contributed by atoms with Gasteiger partial charge in [-0.3, -0.25) is 0 Å². The molecular weight excluding hydrogens is 132 g/mol. The molecule has 0 N–H and O–H groups in total. The second-order valence-electron chi connectivity index (χ2n) is 2.29. The largest absolute Gasteiger partial charge is 0.120 e. The van der Waals surface area contributed by atoms with Gasteiger partial charge in [-0.1, -0.05) is 44.1 Å². The minimum Gasteiger partial charge on any atom is -0.120 e. The molecule has 0 aromatic carbocycles. The molecule has 0 saturated carbocycles. The summed E-state index contributed by atoms with van der Waals surface area (Å²) >= 11 is 0. The van der Waals surface area contributed by atoms with E-state index in [1.54, 1.807) is 6.08 Å². The number of allylic oxidation sites excluding steroid dienone is 5. The molecule has 0 rings (SSSR count). The van der Waals surface area contributed by atoms with E-state index in [1.165, 1.54) is 12.8 Å². The summed E-state index contributed by atoms with van der Waals surface area (Å²) in [6.45, 7) is 7.20. The van der Waals surface area contributed by atoms with Gasteiger partial charge in [-0.05, 0) is 19.1 Å². The molecule has 0 heterocycles. The molecule has 0 nitrogen and oxygen atoms in total. The maximum absolute atomic E-state index is 5.01. The third kappa shape index (κ3) is 9.00. The number of hydrogen-bond acceptors (Lipinski definition) is 0. The minimum atomic E-state index is 1.16. The van der Waals surface area contributed by atoms with Crippen LogP contribution in [0.3, 0.4) is 0 Å². The van der Waals surface area contributed by atoms with Gasteiger partial charge >= 0.3 is 0 Å². The summed E-state index contributed by atoms with van der Waals surface area (Å²) < 4.78 is 0. The second kappa shape index (κ2) is 9.00. The fraction of sp³-hybridized carbons (Fsp3) is 0.364. The van der Waals surface area contributed by atoms with Crippen molar-refractivity contribution in [2.75, 3.05) is 0 Å². The Hall–Kier alpha value is -1.00. The van der Waals surface area contributed by atoms with Crippen molar-refractivity contribution < 1.29 is 0 Å². The molecule has 0 bridgehead atoms. The Kier molecular flexibility index (Phi) is 8.18. The van der Waals surface area contributed by atoms with Crippen LogP contribution in [-0.2, 0) is 0 Å². The lowest BCUT2D eigenvalue weighted by atomic mass is 10.2. The van der Waals surface area contributed by atoms with E-state index in [4.69, 9.17) is 6.58 Å². The van der Waals surface area contributed by atoms with E-state index < -0.39 is 0 Å². The van der Waals surface area contributed by atoms with Crippen molar-refractivity contribution in [1.29, 1.82) is 0 Å². The molecule has 0 atom stereocenters. The molecule has 11 heavy (non-hydrogen) atoms. The van der Waals surface area contributed by atoms with Crippen molar-refractivity contribution >= 4 is 0 Å². The summed E-state index contributed by atoms with van der Waals surface area (Å²) in [7, 11) is 0. The van der Waals surface area contributed by atoms with Crippen molar-refractivity contribution in [3.8, 4) is 0 Å². The number of unbranched alkanes of at least 4 members (excludes halogenated alkanes) is 2. The topological polar surface area (TPSA) is 0 Å². The maximum Gasteiger partial charge on any atom is -0.0123 e. The smallest absolute Gasteiger partial charge is 0.0123 e. The lowest BCUT2D eigenvalue weighted by molar-refractivity contribution is 0.815. The van der Waals surface area contributed by atoms with Crippen LogP contribution in [0, 0.1) is 6.58 Å². The molecule has 1 radical (unpaired) electrons. The summed E-state index contributed by atoms with van der Waals surface area (Å²) in [4.78, 5) is 0. The van der Waals surface area contributed by atoms with Gasteiger partial charge < -0.3 is 0 Å². The Labute approximate surface area is 69.6 Å². The molecule has 0 aromatic rings. The van der Waals surface area contributed by atoms with E-state index in [-0.39, 0.29) is 0 Å². The monoisotopic (exact) mass is 147 g/mol. The number of hydrogen-bond donors (Lipinski definition) is 0. The third-order valence-electron chi connectivity index (χ3n) is 1.28. The molecule has 0 aliphatic carbocycles. The molecule has 0 unspecified atom stereocenters. The van der Waals surface area contributed by atoms with Gasteiger partial charge in [-0.2, -0.15) is 0 Å². The Bertz CT molecular complexity index is 166. The van der Waals surface area contributed by atoms with Crippen LogP contribution in [0.4, 0.5) is 0 Å². The molecule has 0 spiro atoms. The summed E-state index contributed by atoms with van der Waals surface area (Å²) in [5.74, 6) is 0. The Morgan fingerprint density at radius 2 is 2.09 bits per heavy atom. The highest BCUT2D eigenvalue weighted by molar-refractivity contribution is 5.09. The molecule has 0 aliphatic rings. The van der Waals surface area contributed by atoms with Crippen LogP contribution in [0.1, 0.15) is 26.2 Å². The summed E-state index contributed by atoms with van der Waals surface area (Å²) in [6.07, 6.45) is 13.4. The van der Waals surface area contributed by atoms with Crippen LogP contribution in [0.5, 0.6) is 0 Å². The van der Waals surface area contributed by atoms with Gasteiger partial charge in [0.2, 0.25) is 0 Å². The SMILES string of the molecule is [CH]=C=CC=CC=CCCCC. The fourth-order valence-corrected chi connectivity index (χ4v) is 0.672. The first-order valence-corrected chi connectivity index (χ1v) is 4.03. The number of rotatable bonds is 5. The van der Waals surface area contributed by atoms with Crippen LogP contribution in [0.25, 0.3) is 0 Å². The highest BCUT2D eigenvalue weighted by atomic mass is 13.8. The normalized spacial score (nSPS) is 10.6. The summed E-state index contributed by atoms with van der Waals surface area (Å²) in [5, 5.41) is 0. The fourth-order valence-electron chi connectivity index (χ4n) is 0.672. The first kappa shape index (κ1) is 10.0. The zero-order valence-corrected chi connectivity index (χ0v) is 7.09. The van der Waals surface area contributed by atoms with Gasteiger partial charge in [0, 0.05) is 0 Å². The molecule has 59 valence electrons. The Balaban J connectivity index is 3.35. The standard InChI is InChI=1S/C11H15/c1-3-5-7-9-11-10-8-6-4-2/h1,5,7,9-11H,4,6,8H2,2H3. The van der Waals surface area contributed by atoms with Gasteiger partial charge in [0.15, 0.2) is 0 Å². The molecule has 0 amide bonds. The molecule has 0 heteroatoms.